The zero-order valence-electron chi connectivity index (χ0n) is 11.4. The van der Waals surface area contributed by atoms with Crippen molar-refractivity contribution < 1.29 is 9.53 Å². The smallest absolute Gasteiger partial charge is 0.339 e. The van der Waals surface area contributed by atoms with Crippen molar-refractivity contribution >= 4 is 5.97 Å². The second kappa shape index (κ2) is 7.47. The number of rotatable bonds is 5. The normalized spacial score (nSPS) is 10.8. The molecular formula is C14H12N4O3. The van der Waals surface area contributed by atoms with Crippen molar-refractivity contribution in [1.29, 1.82) is 15.8 Å². The van der Waals surface area contributed by atoms with Crippen LogP contribution in [0.15, 0.2) is 17.1 Å². The summed E-state index contributed by atoms with van der Waals surface area (Å²) in [5.41, 5.74) is -0.720. The topological polar surface area (TPSA) is 120 Å². The van der Waals surface area contributed by atoms with Crippen molar-refractivity contribution in [1.82, 2.24) is 4.57 Å². The van der Waals surface area contributed by atoms with E-state index in [-0.39, 0.29) is 24.1 Å². The van der Waals surface area contributed by atoms with E-state index < -0.39 is 17.4 Å². The van der Waals surface area contributed by atoms with Crippen LogP contribution in [0.25, 0.3) is 0 Å². The lowest BCUT2D eigenvalue weighted by atomic mass is 10.1. The van der Waals surface area contributed by atoms with Crippen molar-refractivity contribution in [2.75, 3.05) is 7.11 Å². The molecule has 1 atom stereocenters. The Morgan fingerprint density at radius 2 is 2.14 bits per heavy atom. The van der Waals surface area contributed by atoms with Gasteiger partial charge in [-0.2, -0.15) is 15.8 Å². The van der Waals surface area contributed by atoms with Crippen LogP contribution in [-0.4, -0.2) is 17.6 Å². The molecule has 1 aromatic heterocycles. The van der Waals surface area contributed by atoms with Crippen molar-refractivity contribution in [3.8, 4) is 18.2 Å². The van der Waals surface area contributed by atoms with E-state index in [2.05, 4.69) is 4.74 Å². The number of esters is 1. The van der Waals surface area contributed by atoms with E-state index in [0.29, 0.717) is 6.42 Å². The molecule has 0 aromatic carbocycles. The molecule has 0 bridgehead atoms. The van der Waals surface area contributed by atoms with Gasteiger partial charge in [0, 0.05) is 19.2 Å². The molecule has 1 heterocycles. The first-order valence-corrected chi connectivity index (χ1v) is 6.06. The SMILES string of the molecule is COC(=O)c1cc(C#N)c(=O)n(C[C@H](C#N)CCC#N)c1. The van der Waals surface area contributed by atoms with Crippen LogP contribution in [0, 0.1) is 39.9 Å². The summed E-state index contributed by atoms with van der Waals surface area (Å²) in [6.45, 7) is 0.0104. The number of nitrogens with zero attached hydrogens (tertiary/aromatic N) is 4. The second-order valence-corrected chi connectivity index (χ2v) is 4.23. The van der Waals surface area contributed by atoms with Crippen LogP contribution in [0.2, 0.25) is 0 Å². The van der Waals surface area contributed by atoms with Crippen molar-refractivity contribution in [3.05, 3.63) is 33.7 Å². The lowest BCUT2D eigenvalue weighted by Crippen LogP contribution is -2.27. The molecule has 0 N–H and O–H groups in total. The number of pyridine rings is 1. The molecule has 1 aromatic rings. The van der Waals surface area contributed by atoms with Crippen LogP contribution in [-0.2, 0) is 11.3 Å². The lowest BCUT2D eigenvalue weighted by Gasteiger charge is -2.11. The van der Waals surface area contributed by atoms with E-state index in [1.165, 1.54) is 13.3 Å². The molecule has 0 saturated heterocycles. The predicted octanol–water partition coefficient (Wildman–Crippen LogP) is 0.950. The highest BCUT2D eigenvalue weighted by Crippen LogP contribution is 2.09. The zero-order chi connectivity index (χ0) is 15.8. The molecule has 106 valence electrons. The fraction of sp³-hybridized carbons (Fsp3) is 0.357. The van der Waals surface area contributed by atoms with Gasteiger partial charge in [-0.15, -0.1) is 0 Å². The number of nitriles is 3. The van der Waals surface area contributed by atoms with Gasteiger partial charge < -0.3 is 9.30 Å². The number of hydrogen-bond donors (Lipinski definition) is 0. The van der Waals surface area contributed by atoms with Gasteiger partial charge in [0.2, 0.25) is 0 Å². The summed E-state index contributed by atoms with van der Waals surface area (Å²) in [5, 5.41) is 26.5. The fourth-order valence-corrected chi connectivity index (χ4v) is 1.75. The van der Waals surface area contributed by atoms with Gasteiger partial charge >= 0.3 is 5.97 Å². The van der Waals surface area contributed by atoms with Crippen LogP contribution >= 0.6 is 0 Å². The van der Waals surface area contributed by atoms with Gasteiger partial charge in [-0.3, -0.25) is 4.79 Å². The standard InChI is InChI=1S/C14H12N4O3/c1-21-14(20)12-5-11(7-17)13(19)18(9-12)8-10(6-16)3-2-4-15/h5,9-10H,2-3,8H2,1H3/t10-/m0/s1. The van der Waals surface area contributed by atoms with E-state index in [0.717, 1.165) is 10.6 Å². The number of methoxy groups -OCH3 is 1. The number of hydrogen-bond acceptors (Lipinski definition) is 6. The average molecular weight is 284 g/mol. The summed E-state index contributed by atoms with van der Waals surface area (Å²) in [5.74, 6) is -1.23. The summed E-state index contributed by atoms with van der Waals surface area (Å²) in [6, 6.07) is 6.80. The van der Waals surface area contributed by atoms with E-state index in [4.69, 9.17) is 15.8 Å². The molecule has 21 heavy (non-hydrogen) atoms. The minimum Gasteiger partial charge on any atom is -0.465 e. The van der Waals surface area contributed by atoms with E-state index >= 15 is 0 Å². The minimum absolute atomic E-state index is 0.0104. The Labute approximate surface area is 121 Å². The molecule has 0 amide bonds. The Hall–Kier alpha value is -3.11. The summed E-state index contributed by atoms with van der Waals surface area (Å²) in [4.78, 5) is 23.5. The monoisotopic (exact) mass is 284 g/mol. The zero-order valence-corrected chi connectivity index (χ0v) is 11.4. The molecule has 0 aliphatic carbocycles. The van der Waals surface area contributed by atoms with Crippen molar-refractivity contribution in [2.45, 2.75) is 19.4 Å². The molecule has 0 spiro atoms. The quantitative estimate of drug-likeness (QED) is 0.742. The van der Waals surface area contributed by atoms with Gasteiger partial charge in [0.15, 0.2) is 0 Å². The van der Waals surface area contributed by atoms with Gasteiger partial charge in [-0.1, -0.05) is 0 Å². The molecule has 0 saturated carbocycles. The molecule has 0 aliphatic rings. The maximum atomic E-state index is 12.0. The Morgan fingerprint density at radius 3 is 2.67 bits per heavy atom. The highest BCUT2D eigenvalue weighted by atomic mass is 16.5. The molecule has 0 unspecified atom stereocenters. The third-order valence-electron chi connectivity index (χ3n) is 2.83. The first-order chi connectivity index (χ1) is 10.1. The molecule has 1 rings (SSSR count). The van der Waals surface area contributed by atoms with Gasteiger partial charge in [0.05, 0.1) is 30.7 Å². The third-order valence-corrected chi connectivity index (χ3v) is 2.83. The summed E-state index contributed by atoms with van der Waals surface area (Å²) in [6.07, 6.45) is 1.75. The molecule has 0 radical (unpaired) electrons. The maximum Gasteiger partial charge on any atom is 0.339 e. The average Bonchev–Trinajstić information content (AvgIpc) is 2.51. The van der Waals surface area contributed by atoms with E-state index in [1.54, 1.807) is 6.07 Å². The van der Waals surface area contributed by atoms with Crippen molar-refractivity contribution in [3.63, 3.8) is 0 Å². The Balaban J connectivity index is 3.20. The summed E-state index contributed by atoms with van der Waals surface area (Å²) in [7, 11) is 1.19. The molecular weight excluding hydrogens is 272 g/mol. The molecule has 0 fully saturated rings. The van der Waals surface area contributed by atoms with Gasteiger partial charge in [-0.05, 0) is 12.5 Å². The minimum atomic E-state index is -0.675. The van der Waals surface area contributed by atoms with Gasteiger partial charge in [0.1, 0.15) is 11.6 Å². The molecule has 7 nitrogen and oxygen atoms in total. The van der Waals surface area contributed by atoms with Crippen molar-refractivity contribution in [2.24, 2.45) is 5.92 Å². The third kappa shape index (κ3) is 3.92. The van der Waals surface area contributed by atoms with Crippen LogP contribution in [0.4, 0.5) is 0 Å². The number of carbonyl (C=O) groups is 1. The Kier molecular flexibility index (Phi) is 5.67. The number of aromatic nitrogens is 1. The Bertz CT molecular complexity index is 716. The van der Waals surface area contributed by atoms with Gasteiger partial charge in [-0.25, -0.2) is 4.79 Å². The first-order valence-electron chi connectivity index (χ1n) is 6.06. The Morgan fingerprint density at radius 1 is 1.43 bits per heavy atom. The largest absolute Gasteiger partial charge is 0.465 e. The van der Waals surface area contributed by atoms with Crippen LogP contribution < -0.4 is 5.56 Å². The lowest BCUT2D eigenvalue weighted by molar-refractivity contribution is 0.0599. The fourth-order valence-electron chi connectivity index (χ4n) is 1.75. The van der Waals surface area contributed by atoms with Crippen LogP contribution in [0.5, 0.6) is 0 Å². The van der Waals surface area contributed by atoms with E-state index in [1.807, 2.05) is 12.1 Å². The second-order valence-electron chi connectivity index (χ2n) is 4.23. The highest BCUT2D eigenvalue weighted by molar-refractivity contribution is 5.89. The van der Waals surface area contributed by atoms with Gasteiger partial charge in [0.25, 0.3) is 5.56 Å². The number of ether oxygens (including phenoxy) is 1. The van der Waals surface area contributed by atoms with E-state index in [9.17, 15) is 9.59 Å². The first kappa shape index (κ1) is 15.9. The predicted molar refractivity (Wildman–Crippen MR) is 70.7 cm³/mol. The van der Waals surface area contributed by atoms with Crippen LogP contribution in [0.1, 0.15) is 28.8 Å². The number of carbonyl (C=O) groups excluding carboxylic acids is 1. The molecule has 0 aliphatic heterocycles. The summed E-state index contributed by atoms with van der Waals surface area (Å²) >= 11 is 0. The highest BCUT2D eigenvalue weighted by Gasteiger charge is 2.15. The maximum absolute atomic E-state index is 12.0. The van der Waals surface area contributed by atoms with Crippen LogP contribution in [0.3, 0.4) is 0 Å². The molecule has 7 heteroatoms. The summed E-state index contributed by atoms with van der Waals surface area (Å²) < 4.78 is 5.69.